The van der Waals surface area contributed by atoms with Crippen LogP contribution in [0.15, 0.2) is 36.4 Å². The molecular weight excluding hydrogens is 280 g/mol. The summed E-state index contributed by atoms with van der Waals surface area (Å²) >= 11 is 0. The number of benzene rings is 1. The van der Waals surface area contributed by atoms with Crippen LogP contribution in [0.1, 0.15) is 31.7 Å². The van der Waals surface area contributed by atoms with Crippen LogP contribution in [-0.4, -0.2) is 18.0 Å². The summed E-state index contributed by atoms with van der Waals surface area (Å²) in [6.45, 7) is 1.54. The minimum absolute atomic E-state index is 0.223. The van der Waals surface area contributed by atoms with Gasteiger partial charge in [-0.15, -0.1) is 0 Å². The van der Waals surface area contributed by atoms with Gasteiger partial charge in [0.15, 0.2) is 6.10 Å². The molecule has 1 aromatic carbocycles. The Morgan fingerprint density at radius 1 is 1.41 bits per heavy atom. The van der Waals surface area contributed by atoms with Gasteiger partial charge in [0.2, 0.25) is 0 Å². The third kappa shape index (κ3) is 4.45. The molecule has 1 N–H and O–H groups in total. The molecule has 0 heterocycles. The molecule has 5 nitrogen and oxygen atoms in total. The van der Waals surface area contributed by atoms with E-state index in [1.54, 1.807) is 31.2 Å². The maximum absolute atomic E-state index is 12.0. The van der Waals surface area contributed by atoms with Crippen LogP contribution in [0.25, 0.3) is 0 Å². The van der Waals surface area contributed by atoms with Crippen LogP contribution in [-0.2, 0) is 14.3 Å². The normalized spacial score (nSPS) is 17.5. The van der Waals surface area contributed by atoms with Gasteiger partial charge in [0.05, 0.1) is 18.1 Å². The molecule has 0 radical (unpaired) electrons. The van der Waals surface area contributed by atoms with E-state index >= 15 is 0 Å². The largest absolute Gasteiger partial charge is 0.453 e. The number of hydrogen-bond acceptors (Lipinski definition) is 4. The summed E-state index contributed by atoms with van der Waals surface area (Å²) in [5, 5.41) is 11.4. The molecular formula is C17H18N2O3. The number of nitrogens with one attached hydrogen (secondary N) is 1. The van der Waals surface area contributed by atoms with E-state index in [0.717, 1.165) is 12.8 Å². The molecule has 114 valence electrons. The zero-order valence-corrected chi connectivity index (χ0v) is 12.4. The second kappa shape index (κ2) is 7.41. The number of ether oxygens (including phenoxy) is 1. The number of esters is 1. The van der Waals surface area contributed by atoms with Crippen LogP contribution in [0.3, 0.4) is 0 Å². The third-order valence-electron chi connectivity index (χ3n) is 3.50. The lowest BCUT2D eigenvalue weighted by atomic mass is 10.1. The molecule has 0 fully saturated rings. The van der Waals surface area contributed by atoms with Gasteiger partial charge < -0.3 is 10.1 Å². The molecule has 1 amide bonds. The molecule has 1 aromatic rings. The first-order valence-electron chi connectivity index (χ1n) is 7.25. The van der Waals surface area contributed by atoms with Crippen LogP contribution in [0.2, 0.25) is 0 Å². The molecule has 0 aromatic heterocycles. The Hall–Kier alpha value is -2.61. The summed E-state index contributed by atoms with van der Waals surface area (Å²) in [4.78, 5) is 23.7. The molecule has 0 saturated carbocycles. The van der Waals surface area contributed by atoms with Crippen molar-refractivity contribution in [2.45, 2.75) is 32.3 Å². The van der Waals surface area contributed by atoms with Crippen molar-refractivity contribution in [1.82, 2.24) is 0 Å². The number of carbonyl (C=O) groups excluding carboxylic acids is 2. The average Bonchev–Trinajstić information content (AvgIpc) is 3.00. The van der Waals surface area contributed by atoms with Crippen molar-refractivity contribution in [1.29, 1.82) is 5.26 Å². The minimum Gasteiger partial charge on any atom is -0.453 e. The fraction of sp³-hybridized carbons (Fsp3) is 0.353. The highest BCUT2D eigenvalue weighted by atomic mass is 16.5. The van der Waals surface area contributed by atoms with E-state index in [0.29, 0.717) is 17.7 Å². The van der Waals surface area contributed by atoms with Crippen molar-refractivity contribution in [3.05, 3.63) is 42.0 Å². The van der Waals surface area contributed by atoms with Crippen LogP contribution in [0.5, 0.6) is 0 Å². The van der Waals surface area contributed by atoms with Crippen LogP contribution in [0, 0.1) is 17.2 Å². The van der Waals surface area contributed by atoms with E-state index in [1.807, 2.05) is 12.1 Å². The second-order valence-electron chi connectivity index (χ2n) is 5.28. The van der Waals surface area contributed by atoms with Crippen LogP contribution >= 0.6 is 0 Å². The Kier molecular flexibility index (Phi) is 5.31. The Bertz CT molecular complexity index is 614. The van der Waals surface area contributed by atoms with Crippen molar-refractivity contribution < 1.29 is 14.3 Å². The zero-order chi connectivity index (χ0) is 15.9. The molecule has 0 aliphatic heterocycles. The Morgan fingerprint density at radius 3 is 2.73 bits per heavy atom. The van der Waals surface area contributed by atoms with E-state index in [4.69, 9.17) is 10.00 Å². The molecule has 22 heavy (non-hydrogen) atoms. The molecule has 1 aliphatic rings. The highest BCUT2D eigenvalue weighted by Gasteiger charge is 2.21. The summed E-state index contributed by atoms with van der Waals surface area (Å²) in [6.07, 6.45) is 5.48. The maximum Gasteiger partial charge on any atom is 0.307 e. The smallest absolute Gasteiger partial charge is 0.307 e. The quantitative estimate of drug-likeness (QED) is 0.669. The first kappa shape index (κ1) is 15.8. The molecule has 0 bridgehead atoms. The van der Waals surface area contributed by atoms with Crippen molar-refractivity contribution in [2.24, 2.45) is 5.92 Å². The van der Waals surface area contributed by atoms with Gasteiger partial charge in [-0.25, -0.2) is 0 Å². The minimum atomic E-state index is -0.853. The van der Waals surface area contributed by atoms with E-state index in [2.05, 4.69) is 11.4 Å². The van der Waals surface area contributed by atoms with Crippen LogP contribution in [0.4, 0.5) is 5.69 Å². The van der Waals surface area contributed by atoms with Crippen molar-refractivity contribution >= 4 is 17.6 Å². The fourth-order valence-corrected chi connectivity index (χ4v) is 2.25. The van der Waals surface area contributed by atoms with Gasteiger partial charge in [0, 0.05) is 5.69 Å². The number of hydrogen-bond donors (Lipinski definition) is 1. The van der Waals surface area contributed by atoms with Gasteiger partial charge in [-0.3, -0.25) is 9.59 Å². The standard InChI is InChI=1S/C17H18N2O3/c1-12(22-16(20)10-13-4-2-3-5-13)17(21)19-15-8-6-14(11-18)7-9-15/h2,4,6-9,12-13H,3,5,10H2,1H3,(H,19,21)/t12-,13+/m0/s1. The number of anilines is 1. The molecule has 0 spiro atoms. The highest BCUT2D eigenvalue weighted by Crippen LogP contribution is 2.21. The lowest BCUT2D eigenvalue weighted by Gasteiger charge is -2.14. The molecule has 0 unspecified atom stereocenters. The predicted octanol–water partition coefficient (Wildman–Crippen LogP) is 2.78. The molecule has 0 saturated heterocycles. The van der Waals surface area contributed by atoms with E-state index in [9.17, 15) is 9.59 Å². The average molecular weight is 298 g/mol. The summed E-state index contributed by atoms with van der Waals surface area (Å²) in [5.74, 6) is -0.527. The SMILES string of the molecule is C[C@H](OC(=O)C[C@@H]1C=CCC1)C(=O)Nc1ccc(C#N)cc1. The second-order valence-corrected chi connectivity index (χ2v) is 5.28. The number of carbonyl (C=O) groups is 2. The number of nitriles is 1. The number of rotatable bonds is 5. The summed E-state index contributed by atoms with van der Waals surface area (Å²) in [5.41, 5.74) is 1.08. The molecule has 2 atom stereocenters. The zero-order valence-electron chi connectivity index (χ0n) is 12.4. The van der Waals surface area contributed by atoms with Gasteiger partial charge in [0.25, 0.3) is 5.91 Å². The summed E-state index contributed by atoms with van der Waals surface area (Å²) < 4.78 is 5.15. The van der Waals surface area contributed by atoms with Gasteiger partial charge in [0.1, 0.15) is 0 Å². The first-order chi connectivity index (χ1) is 10.6. The molecule has 1 aliphatic carbocycles. The topological polar surface area (TPSA) is 79.2 Å². The Morgan fingerprint density at radius 2 is 2.14 bits per heavy atom. The number of allylic oxidation sites excluding steroid dienone is 2. The number of amides is 1. The predicted molar refractivity (Wildman–Crippen MR) is 81.8 cm³/mol. The van der Waals surface area contributed by atoms with E-state index in [-0.39, 0.29) is 17.8 Å². The summed E-state index contributed by atoms with van der Waals surface area (Å²) in [7, 11) is 0. The summed E-state index contributed by atoms with van der Waals surface area (Å²) in [6, 6.07) is 8.49. The maximum atomic E-state index is 12.0. The van der Waals surface area contributed by atoms with Crippen molar-refractivity contribution in [3.8, 4) is 6.07 Å². The molecule has 2 rings (SSSR count). The Balaban J connectivity index is 1.81. The van der Waals surface area contributed by atoms with Gasteiger partial charge in [-0.2, -0.15) is 5.26 Å². The fourth-order valence-electron chi connectivity index (χ4n) is 2.25. The van der Waals surface area contributed by atoms with E-state index < -0.39 is 6.10 Å². The lowest BCUT2D eigenvalue weighted by molar-refractivity contribution is -0.153. The van der Waals surface area contributed by atoms with Crippen molar-refractivity contribution in [3.63, 3.8) is 0 Å². The Labute approximate surface area is 129 Å². The van der Waals surface area contributed by atoms with Gasteiger partial charge in [-0.1, -0.05) is 12.2 Å². The third-order valence-corrected chi connectivity index (χ3v) is 3.50. The molecule has 5 heteroatoms. The van der Waals surface area contributed by atoms with Crippen LogP contribution < -0.4 is 5.32 Å². The van der Waals surface area contributed by atoms with Crippen molar-refractivity contribution in [2.75, 3.05) is 5.32 Å². The monoisotopic (exact) mass is 298 g/mol. The number of nitrogens with zero attached hydrogens (tertiary/aromatic N) is 1. The van der Waals surface area contributed by atoms with Gasteiger partial charge >= 0.3 is 5.97 Å². The lowest BCUT2D eigenvalue weighted by Crippen LogP contribution is -2.30. The van der Waals surface area contributed by atoms with E-state index in [1.165, 1.54) is 0 Å². The highest BCUT2D eigenvalue weighted by molar-refractivity contribution is 5.95. The van der Waals surface area contributed by atoms with Gasteiger partial charge in [-0.05, 0) is 49.9 Å². The first-order valence-corrected chi connectivity index (χ1v) is 7.25.